The smallest absolute Gasteiger partial charge is 0.220 e. The molecule has 3 rings (SSSR count). The number of hydrogen-bond acceptors (Lipinski definition) is 2. The highest BCUT2D eigenvalue weighted by Crippen LogP contribution is 2.41. The summed E-state index contributed by atoms with van der Waals surface area (Å²) in [4.78, 5) is 12.4. The molecule has 3 nitrogen and oxygen atoms in total. The first kappa shape index (κ1) is 16.6. The number of ether oxygens (including phenoxy) is 1. The Morgan fingerprint density at radius 2 is 1.88 bits per heavy atom. The van der Waals surface area contributed by atoms with Gasteiger partial charge in [0.15, 0.2) is 0 Å². The molecule has 0 aromatic heterocycles. The summed E-state index contributed by atoms with van der Waals surface area (Å²) >= 11 is 0. The molecule has 1 N–H and O–H groups in total. The van der Waals surface area contributed by atoms with Crippen LogP contribution in [-0.4, -0.2) is 13.0 Å². The number of carbonyl (C=O) groups excluding carboxylic acids is 1. The van der Waals surface area contributed by atoms with E-state index in [9.17, 15) is 4.79 Å². The molecule has 0 bridgehead atoms. The van der Waals surface area contributed by atoms with Gasteiger partial charge in [-0.2, -0.15) is 0 Å². The lowest BCUT2D eigenvalue weighted by atomic mass is 10.0. The number of methoxy groups -OCH3 is 1. The second kappa shape index (κ2) is 7.52. The van der Waals surface area contributed by atoms with Gasteiger partial charge in [0.05, 0.1) is 13.2 Å². The van der Waals surface area contributed by atoms with Crippen molar-refractivity contribution >= 4 is 5.91 Å². The van der Waals surface area contributed by atoms with Crippen LogP contribution in [0.2, 0.25) is 0 Å². The van der Waals surface area contributed by atoms with Gasteiger partial charge < -0.3 is 10.1 Å². The summed E-state index contributed by atoms with van der Waals surface area (Å²) in [6.45, 7) is 2.09. The molecule has 0 radical (unpaired) electrons. The van der Waals surface area contributed by atoms with Gasteiger partial charge >= 0.3 is 0 Å². The fourth-order valence-corrected chi connectivity index (χ4v) is 3.08. The molecule has 1 unspecified atom stereocenters. The number of benzene rings is 2. The molecule has 1 saturated carbocycles. The van der Waals surface area contributed by atoms with E-state index in [1.165, 1.54) is 24.0 Å². The van der Waals surface area contributed by atoms with Crippen molar-refractivity contribution in [3.05, 3.63) is 65.2 Å². The highest BCUT2D eigenvalue weighted by Gasteiger charge is 2.33. The molecular weight excluding hydrogens is 298 g/mol. The molecule has 24 heavy (non-hydrogen) atoms. The first-order valence-corrected chi connectivity index (χ1v) is 8.65. The van der Waals surface area contributed by atoms with Gasteiger partial charge in [-0.05, 0) is 49.3 Å². The average molecular weight is 323 g/mol. The zero-order valence-corrected chi connectivity index (χ0v) is 14.4. The number of aryl methyl sites for hydroxylation is 2. The van der Waals surface area contributed by atoms with Gasteiger partial charge in [-0.25, -0.2) is 0 Å². The Hall–Kier alpha value is -2.29. The minimum Gasteiger partial charge on any atom is -0.496 e. The van der Waals surface area contributed by atoms with Crippen molar-refractivity contribution in [3.8, 4) is 5.75 Å². The number of amides is 1. The van der Waals surface area contributed by atoms with Crippen LogP contribution in [-0.2, 0) is 11.2 Å². The summed E-state index contributed by atoms with van der Waals surface area (Å²) in [7, 11) is 1.67. The molecule has 0 spiro atoms. The lowest BCUT2D eigenvalue weighted by molar-refractivity contribution is -0.122. The number of para-hydroxylation sites is 1. The van der Waals surface area contributed by atoms with E-state index in [0.29, 0.717) is 18.8 Å². The van der Waals surface area contributed by atoms with Crippen LogP contribution in [0.5, 0.6) is 5.75 Å². The van der Waals surface area contributed by atoms with Crippen molar-refractivity contribution in [1.29, 1.82) is 0 Å². The standard InChI is InChI=1S/C21H25NO2/c1-15-7-9-17(10-8-15)21(18-11-12-18)22-20(23)14-13-16-5-3-4-6-19(16)24-2/h3-10,18,21H,11-14H2,1-2H3,(H,22,23). The average Bonchev–Trinajstić information content (AvgIpc) is 3.44. The van der Waals surface area contributed by atoms with Crippen LogP contribution in [0.4, 0.5) is 0 Å². The minimum atomic E-state index is 0.110. The summed E-state index contributed by atoms with van der Waals surface area (Å²) in [5, 5.41) is 3.24. The van der Waals surface area contributed by atoms with Crippen molar-refractivity contribution in [2.75, 3.05) is 7.11 Å². The van der Waals surface area contributed by atoms with Gasteiger partial charge in [-0.1, -0.05) is 48.0 Å². The molecule has 1 aliphatic rings. The first-order chi connectivity index (χ1) is 11.7. The van der Waals surface area contributed by atoms with Gasteiger partial charge in [0.2, 0.25) is 5.91 Å². The van der Waals surface area contributed by atoms with Crippen LogP contribution in [0.15, 0.2) is 48.5 Å². The molecular formula is C21H25NO2. The number of nitrogens with one attached hydrogen (secondary N) is 1. The summed E-state index contributed by atoms with van der Waals surface area (Å²) < 4.78 is 5.36. The maximum absolute atomic E-state index is 12.4. The molecule has 1 aliphatic carbocycles. The first-order valence-electron chi connectivity index (χ1n) is 8.65. The van der Waals surface area contributed by atoms with E-state index in [-0.39, 0.29) is 11.9 Å². The molecule has 1 fully saturated rings. The van der Waals surface area contributed by atoms with Gasteiger partial charge in [0.25, 0.3) is 0 Å². The van der Waals surface area contributed by atoms with E-state index in [4.69, 9.17) is 4.74 Å². The zero-order valence-electron chi connectivity index (χ0n) is 14.4. The second-order valence-electron chi connectivity index (χ2n) is 6.61. The molecule has 0 aliphatic heterocycles. The Morgan fingerprint density at radius 3 is 2.54 bits per heavy atom. The summed E-state index contributed by atoms with van der Waals surface area (Å²) in [5.41, 5.74) is 3.54. The fourth-order valence-electron chi connectivity index (χ4n) is 3.08. The van der Waals surface area contributed by atoms with E-state index in [0.717, 1.165) is 11.3 Å². The van der Waals surface area contributed by atoms with Gasteiger partial charge in [0.1, 0.15) is 5.75 Å². The van der Waals surface area contributed by atoms with Crippen LogP contribution >= 0.6 is 0 Å². The Bertz CT molecular complexity index is 689. The van der Waals surface area contributed by atoms with Gasteiger partial charge in [-0.15, -0.1) is 0 Å². The quantitative estimate of drug-likeness (QED) is 0.829. The maximum atomic E-state index is 12.4. The summed E-state index contributed by atoms with van der Waals surface area (Å²) in [5.74, 6) is 1.55. The molecule has 2 aromatic carbocycles. The van der Waals surface area contributed by atoms with Crippen LogP contribution in [0.3, 0.4) is 0 Å². The Labute approximate surface area is 144 Å². The Kier molecular flexibility index (Phi) is 5.19. The molecule has 2 aromatic rings. The van der Waals surface area contributed by atoms with Gasteiger partial charge in [-0.3, -0.25) is 4.79 Å². The van der Waals surface area contributed by atoms with Crippen molar-refractivity contribution in [3.63, 3.8) is 0 Å². The van der Waals surface area contributed by atoms with E-state index in [1.807, 2.05) is 24.3 Å². The van der Waals surface area contributed by atoms with E-state index in [2.05, 4.69) is 36.5 Å². The monoisotopic (exact) mass is 323 g/mol. The van der Waals surface area contributed by atoms with Crippen LogP contribution < -0.4 is 10.1 Å². The molecule has 1 amide bonds. The Balaban J connectivity index is 1.61. The SMILES string of the molecule is COc1ccccc1CCC(=O)NC(c1ccc(C)cc1)C1CC1. The van der Waals surface area contributed by atoms with Crippen molar-refractivity contribution in [2.45, 2.75) is 38.6 Å². The van der Waals surface area contributed by atoms with Crippen molar-refractivity contribution < 1.29 is 9.53 Å². The van der Waals surface area contributed by atoms with Gasteiger partial charge in [0, 0.05) is 6.42 Å². The summed E-state index contributed by atoms with van der Waals surface area (Å²) in [6.07, 6.45) is 3.58. The zero-order chi connectivity index (χ0) is 16.9. The van der Waals surface area contributed by atoms with E-state index in [1.54, 1.807) is 7.11 Å². The third kappa shape index (κ3) is 4.16. The third-order valence-electron chi connectivity index (χ3n) is 4.66. The molecule has 126 valence electrons. The van der Waals surface area contributed by atoms with Crippen molar-refractivity contribution in [2.24, 2.45) is 5.92 Å². The third-order valence-corrected chi connectivity index (χ3v) is 4.66. The number of rotatable bonds is 7. The second-order valence-corrected chi connectivity index (χ2v) is 6.61. The van der Waals surface area contributed by atoms with E-state index >= 15 is 0 Å². The highest BCUT2D eigenvalue weighted by atomic mass is 16.5. The number of carbonyl (C=O) groups is 1. The van der Waals surface area contributed by atoms with Crippen LogP contribution in [0.1, 0.15) is 42.0 Å². The van der Waals surface area contributed by atoms with Crippen LogP contribution in [0, 0.1) is 12.8 Å². The minimum absolute atomic E-state index is 0.110. The predicted octanol–water partition coefficient (Wildman–Crippen LogP) is 4.20. The molecule has 3 heteroatoms. The normalized spacial score (nSPS) is 14.9. The summed E-state index contributed by atoms with van der Waals surface area (Å²) in [6, 6.07) is 16.5. The molecule has 0 heterocycles. The molecule has 1 atom stereocenters. The largest absolute Gasteiger partial charge is 0.496 e. The predicted molar refractivity (Wildman–Crippen MR) is 96.1 cm³/mol. The fraction of sp³-hybridized carbons (Fsp3) is 0.381. The lowest BCUT2D eigenvalue weighted by Crippen LogP contribution is -2.30. The topological polar surface area (TPSA) is 38.3 Å². The highest BCUT2D eigenvalue weighted by molar-refractivity contribution is 5.77. The maximum Gasteiger partial charge on any atom is 0.220 e. The Morgan fingerprint density at radius 1 is 1.17 bits per heavy atom. The molecule has 0 saturated heterocycles. The van der Waals surface area contributed by atoms with Crippen LogP contribution in [0.25, 0.3) is 0 Å². The van der Waals surface area contributed by atoms with E-state index < -0.39 is 0 Å². The van der Waals surface area contributed by atoms with Crippen molar-refractivity contribution in [1.82, 2.24) is 5.32 Å². The number of hydrogen-bond donors (Lipinski definition) is 1. The lowest BCUT2D eigenvalue weighted by Gasteiger charge is -2.19.